The Hall–Kier alpha value is -2.53. The summed E-state index contributed by atoms with van der Waals surface area (Å²) in [6.45, 7) is 4.84. The van der Waals surface area contributed by atoms with Crippen molar-refractivity contribution in [1.82, 2.24) is 14.9 Å². The third kappa shape index (κ3) is 4.55. The van der Waals surface area contributed by atoms with E-state index in [4.69, 9.17) is 0 Å². The Morgan fingerprint density at radius 2 is 1.92 bits per heavy atom. The van der Waals surface area contributed by atoms with Crippen molar-refractivity contribution >= 4 is 17.2 Å². The Morgan fingerprint density at radius 3 is 2.62 bits per heavy atom. The van der Waals surface area contributed by atoms with Gasteiger partial charge >= 0.3 is 0 Å². The standard InChI is InChI=1S/C21H23N3OS/c1-3-16(2)24(14-17-9-5-4-6-10-17)20(25)13-18-15-26-21(23-18)19-11-7-8-12-22-19/h4-12,15-16H,3,13-14H2,1-2H3. The van der Waals surface area contributed by atoms with Crippen molar-refractivity contribution < 1.29 is 4.79 Å². The van der Waals surface area contributed by atoms with E-state index in [-0.39, 0.29) is 11.9 Å². The number of rotatable bonds is 7. The van der Waals surface area contributed by atoms with Crippen molar-refractivity contribution in [2.24, 2.45) is 0 Å². The van der Waals surface area contributed by atoms with Gasteiger partial charge < -0.3 is 4.90 Å². The first-order valence-electron chi connectivity index (χ1n) is 8.86. The highest BCUT2D eigenvalue weighted by molar-refractivity contribution is 7.13. The molecule has 5 heteroatoms. The number of pyridine rings is 1. The Morgan fingerprint density at radius 1 is 1.15 bits per heavy atom. The second kappa shape index (κ2) is 8.72. The normalized spacial score (nSPS) is 11.9. The predicted octanol–water partition coefficient (Wildman–Crippen LogP) is 4.57. The predicted molar refractivity (Wildman–Crippen MR) is 106 cm³/mol. The number of nitrogens with zero attached hydrogens (tertiary/aromatic N) is 3. The van der Waals surface area contributed by atoms with Crippen LogP contribution in [0.25, 0.3) is 10.7 Å². The lowest BCUT2D eigenvalue weighted by Crippen LogP contribution is -2.38. The fraction of sp³-hybridized carbons (Fsp3) is 0.286. The zero-order valence-electron chi connectivity index (χ0n) is 15.1. The van der Waals surface area contributed by atoms with Crippen LogP contribution in [-0.4, -0.2) is 26.8 Å². The molecule has 2 heterocycles. The minimum Gasteiger partial charge on any atom is -0.335 e. The minimum atomic E-state index is 0.112. The summed E-state index contributed by atoms with van der Waals surface area (Å²) in [5.74, 6) is 0.112. The molecule has 2 aromatic heterocycles. The van der Waals surface area contributed by atoms with Crippen LogP contribution in [0, 0.1) is 0 Å². The molecule has 0 saturated heterocycles. The van der Waals surface area contributed by atoms with E-state index in [1.165, 1.54) is 11.3 Å². The highest BCUT2D eigenvalue weighted by Crippen LogP contribution is 2.22. The second-order valence-electron chi connectivity index (χ2n) is 6.30. The fourth-order valence-electron chi connectivity index (χ4n) is 2.74. The van der Waals surface area contributed by atoms with Gasteiger partial charge in [0.2, 0.25) is 5.91 Å². The maximum Gasteiger partial charge on any atom is 0.229 e. The van der Waals surface area contributed by atoms with Crippen LogP contribution >= 0.6 is 11.3 Å². The lowest BCUT2D eigenvalue weighted by molar-refractivity contribution is -0.133. The number of hydrogen-bond acceptors (Lipinski definition) is 4. The molecule has 0 bridgehead atoms. The fourth-order valence-corrected chi connectivity index (χ4v) is 3.54. The number of aromatic nitrogens is 2. The first kappa shape index (κ1) is 18.3. The molecule has 0 spiro atoms. The molecular weight excluding hydrogens is 342 g/mol. The summed E-state index contributed by atoms with van der Waals surface area (Å²) >= 11 is 1.53. The molecule has 1 aromatic carbocycles. The van der Waals surface area contributed by atoms with Crippen LogP contribution in [-0.2, 0) is 17.8 Å². The van der Waals surface area contributed by atoms with Gasteiger partial charge in [0.25, 0.3) is 0 Å². The highest BCUT2D eigenvalue weighted by atomic mass is 32.1. The van der Waals surface area contributed by atoms with Crippen LogP contribution in [0.3, 0.4) is 0 Å². The van der Waals surface area contributed by atoms with Crippen molar-refractivity contribution in [3.05, 3.63) is 71.4 Å². The molecule has 0 N–H and O–H groups in total. The van der Waals surface area contributed by atoms with Gasteiger partial charge in [-0.25, -0.2) is 4.98 Å². The lowest BCUT2D eigenvalue weighted by atomic mass is 10.1. The Balaban J connectivity index is 1.72. The van der Waals surface area contributed by atoms with Crippen molar-refractivity contribution in [3.63, 3.8) is 0 Å². The van der Waals surface area contributed by atoms with Crippen LogP contribution in [0.1, 0.15) is 31.5 Å². The molecule has 0 fully saturated rings. The molecule has 0 aliphatic carbocycles. The summed E-state index contributed by atoms with van der Waals surface area (Å²) in [6, 6.07) is 16.1. The van der Waals surface area contributed by atoms with Crippen molar-refractivity contribution in [1.29, 1.82) is 0 Å². The average molecular weight is 366 g/mol. The first-order valence-corrected chi connectivity index (χ1v) is 9.74. The summed E-state index contributed by atoms with van der Waals surface area (Å²) in [4.78, 5) is 23.8. The van der Waals surface area contributed by atoms with E-state index < -0.39 is 0 Å². The van der Waals surface area contributed by atoms with Gasteiger partial charge in [-0.1, -0.05) is 43.3 Å². The van der Waals surface area contributed by atoms with Crippen LogP contribution in [0.15, 0.2) is 60.1 Å². The van der Waals surface area contributed by atoms with Crippen LogP contribution in [0.2, 0.25) is 0 Å². The van der Waals surface area contributed by atoms with Gasteiger partial charge in [0.1, 0.15) is 5.01 Å². The number of carbonyl (C=O) groups is 1. The number of hydrogen-bond donors (Lipinski definition) is 0. The number of carbonyl (C=O) groups excluding carboxylic acids is 1. The quantitative estimate of drug-likeness (QED) is 0.616. The first-order chi connectivity index (χ1) is 12.7. The third-order valence-corrected chi connectivity index (χ3v) is 5.32. The zero-order chi connectivity index (χ0) is 18.4. The lowest BCUT2D eigenvalue weighted by Gasteiger charge is -2.28. The summed E-state index contributed by atoms with van der Waals surface area (Å²) in [6.07, 6.45) is 3.00. The molecule has 1 unspecified atom stereocenters. The molecular formula is C21H23N3OS. The number of benzene rings is 1. The third-order valence-electron chi connectivity index (χ3n) is 4.41. The average Bonchev–Trinajstić information content (AvgIpc) is 3.15. The molecule has 1 amide bonds. The zero-order valence-corrected chi connectivity index (χ0v) is 15.9. The van der Waals surface area contributed by atoms with Crippen LogP contribution < -0.4 is 0 Å². The van der Waals surface area contributed by atoms with E-state index in [2.05, 4.69) is 35.9 Å². The van der Waals surface area contributed by atoms with E-state index in [0.717, 1.165) is 28.4 Å². The SMILES string of the molecule is CCC(C)N(Cc1ccccc1)C(=O)Cc1csc(-c2ccccn2)n1. The largest absolute Gasteiger partial charge is 0.335 e. The van der Waals surface area contributed by atoms with E-state index >= 15 is 0 Å². The van der Waals surface area contributed by atoms with Crippen LogP contribution in [0.5, 0.6) is 0 Å². The molecule has 3 aromatic rings. The molecule has 0 aliphatic rings. The van der Waals surface area contributed by atoms with Gasteiger partial charge in [-0.2, -0.15) is 0 Å². The number of thiazole rings is 1. The van der Waals surface area contributed by atoms with Gasteiger partial charge in [0.15, 0.2) is 0 Å². The molecule has 0 aliphatic heterocycles. The second-order valence-corrected chi connectivity index (χ2v) is 7.16. The molecule has 3 rings (SSSR count). The van der Waals surface area contributed by atoms with Crippen molar-refractivity contribution in [3.8, 4) is 10.7 Å². The summed E-state index contributed by atoms with van der Waals surface area (Å²) in [5, 5.41) is 2.81. The van der Waals surface area contributed by atoms with E-state index in [1.807, 2.05) is 46.7 Å². The minimum absolute atomic E-state index is 0.112. The molecule has 134 valence electrons. The number of amides is 1. The van der Waals surface area contributed by atoms with Gasteiger partial charge in [-0.3, -0.25) is 9.78 Å². The molecule has 4 nitrogen and oxygen atoms in total. The van der Waals surface area contributed by atoms with Gasteiger partial charge in [-0.15, -0.1) is 11.3 Å². The molecule has 0 radical (unpaired) electrons. The summed E-state index contributed by atoms with van der Waals surface area (Å²) in [7, 11) is 0. The topological polar surface area (TPSA) is 46.1 Å². The maximum atomic E-state index is 12.9. The Bertz CT molecular complexity index is 833. The Labute approximate surface area is 158 Å². The van der Waals surface area contributed by atoms with E-state index in [1.54, 1.807) is 6.20 Å². The highest BCUT2D eigenvalue weighted by Gasteiger charge is 2.20. The van der Waals surface area contributed by atoms with E-state index in [0.29, 0.717) is 13.0 Å². The van der Waals surface area contributed by atoms with Crippen LogP contribution in [0.4, 0.5) is 0 Å². The molecule has 0 saturated carbocycles. The molecule has 26 heavy (non-hydrogen) atoms. The maximum absolute atomic E-state index is 12.9. The van der Waals surface area contributed by atoms with Crippen molar-refractivity contribution in [2.75, 3.05) is 0 Å². The Kier molecular flexibility index (Phi) is 6.12. The smallest absolute Gasteiger partial charge is 0.229 e. The van der Waals surface area contributed by atoms with Gasteiger partial charge in [0, 0.05) is 24.2 Å². The summed E-state index contributed by atoms with van der Waals surface area (Å²) < 4.78 is 0. The molecule has 1 atom stereocenters. The van der Waals surface area contributed by atoms with Crippen molar-refractivity contribution in [2.45, 2.75) is 39.3 Å². The monoisotopic (exact) mass is 365 g/mol. The van der Waals surface area contributed by atoms with Gasteiger partial charge in [0.05, 0.1) is 17.8 Å². The van der Waals surface area contributed by atoms with Gasteiger partial charge in [-0.05, 0) is 31.0 Å². The summed E-state index contributed by atoms with van der Waals surface area (Å²) in [5.41, 5.74) is 2.80. The van der Waals surface area contributed by atoms with E-state index in [9.17, 15) is 4.79 Å².